The molecule has 0 aliphatic rings. The Labute approximate surface area is 114 Å². The van der Waals surface area contributed by atoms with Crippen LogP contribution in [0.3, 0.4) is 0 Å². The molecule has 1 aromatic carbocycles. The van der Waals surface area contributed by atoms with Gasteiger partial charge in [-0.05, 0) is 38.3 Å². The summed E-state index contributed by atoms with van der Waals surface area (Å²) in [5.41, 5.74) is 5.80. The Balaban J connectivity index is 2.60. The summed E-state index contributed by atoms with van der Waals surface area (Å²) in [6.07, 6.45) is 2.04. The van der Waals surface area contributed by atoms with Gasteiger partial charge in [-0.25, -0.2) is 4.39 Å². The first-order valence-corrected chi connectivity index (χ1v) is 6.76. The van der Waals surface area contributed by atoms with Gasteiger partial charge >= 0.3 is 0 Å². The van der Waals surface area contributed by atoms with Gasteiger partial charge in [-0.1, -0.05) is 19.1 Å². The van der Waals surface area contributed by atoms with E-state index in [-0.39, 0.29) is 5.82 Å². The van der Waals surface area contributed by atoms with E-state index < -0.39 is 5.54 Å². The zero-order valence-electron chi connectivity index (χ0n) is 11.7. The SMILES string of the molecule is CCN(CCCC(N)(C#N)CC)c1ccccc1F. The minimum atomic E-state index is -0.755. The summed E-state index contributed by atoms with van der Waals surface area (Å²) in [5.74, 6) is -0.209. The second-order valence-electron chi connectivity index (χ2n) is 4.76. The number of nitrogens with zero attached hydrogens (tertiary/aromatic N) is 2. The third-order valence-corrected chi connectivity index (χ3v) is 3.48. The van der Waals surface area contributed by atoms with Gasteiger partial charge in [-0.3, -0.25) is 0 Å². The quantitative estimate of drug-likeness (QED) is 0.822. The molecule has 0 bridgehead atoms. The predicted octanol–water partition coefficient (Wildman–Crippen LogP) is 3.06. The number of nitriles is 1. The number of anilines is 1. The molecular formula is C15H22FN3. The Kier molecular flexibility index (Phi) is 5.78. The van der Waals surface area contributed by atoms with Gasteiger partial charge in [0.2, 0.25) is 0 Å². The molecule has 1 rings (SSSR count). The average molecular weight is 263 g/mol. The van der Waals surface area contributed by atoms with Crippen LogP contribution in [0.25, 0.3) is 0 Å². The lowest BCUT2D eigenvalue weighted by molar-refractivity contribution is 0.464. The highest BCUT2D eigenvalue weighted by molar-refractivity contribution is 5.47. The Morgan fingerprint density at radius 3 is 2.58 bits per heavy atom. The van der Waals surface area contributed by atoms with Crippen LogP contribution in [0.5, 0.6) is 0 Å². The molecule has 19 heavy (non-hydrogen) atoms. The topological polar surface area (TPSA) is 53.0 Å². The van der Waals surface area contributed by atoms with Gasteiger partial charge in [0.05, 0.1) is 11.8 Å². The van der Waals surface area contributed by atoms with E-state index >= 15 is 0 Å². The molecule has 0 saturated heterocycles. The molecule has 4 heteroatoms. The van der Waals surface area contributed by atoms with E-state index in [1.54, 1.807) is 12.1 Å². The molecule has 1 atom stereocenters. The third-order valence-electron chi connectivity index (χ3n) is 3.48. The van der Waals surface area contributed by atoms with Crippen molar-refractivity contribution in [3.8, 4) is 6.07 Å². The van der Waals surface area contributed by atoms with E-state index in [9.17, 15) is 4.39 Å². The zero-order valence-corrected chi connectivity index (χ0v) is 11.7. The first-order chi connectivity index (χ1) is 9.06. The molecule has 1 unspecified atom stereocenters. The van der Waals surface area contributed by atoms with Crippen molar-refractivity contribution >= 4 is 5.69 Å². The second-order valence-corrected chi connectivity index (χ2v) is 4.76. The van der Waals surface area contributed by atoms with E-state index in [0.717, 1.165) is 13.0 Å². The lowest BCUT2D eigenvalue weighted by Crippen LogP contribution is -2.38. The molecule has 1 aromatic rings. The van der Waals surface area contributed by atoms with Crippen LogP contribution in [0.1, 0.15) is 33.1 Å². The fraction of sp³-hybridized carbons (Fsp3) is 0.533. The zero-order chi connectivity index (χ0) is 14.3. The number of hydrogen-bond donors (Lipinski definition) is 1. The normalized spacial score (nSPS) is 13.6. The van der Waals surface area contributed by atoms with E-state index in [1.165, 1.54) is 6.07 Å². The molecule has 3 nitrogen and oxygen atoms in total. The van der Waals surface area contributed by atoms with Gasteiger partial charge in [0, 0.05) is 13.1 Å². The van der Waals surface area contributed by atoms with Crippen molar-refractivity contribution in [3.63, 3.8) is 0 Å². The smallest absolute Gasteiger partial charge is 0.146 e. The van der Waals surface area contributed by atoms with Crippen molar-refractivity contribution in [1.82, 2.24) is 0 Å². The summed E-state index contributed by atoms with van der Waals surface area (Å²) < 4.78 is 13.7. The molecule has 0 radical (unpaired) electrons. The first kappa shape index (κ1) is 15.5. The molecule has 104 valence electrons. The van der Waals surface area contributed by atoms with E-state index in [0.29, 0.717) is 25.1 Å². The lowest BCUT2D eigenvalue weighted by atomic mass is 9.93. The lowest BCUT2D eigenvalue weighted by Gasteiger charge is -2.26. The molecule has 0 heterocycles. The summed E-state index contributed by atoms with van der Waals surface area (Å²) >= 11 is 0. The monoisotopic (exact) mass is 263 g/mol. The second kappa shape index (κ2) is 7.10. The van der Waals surface area contributed by atoms with Crippen LogP contribution in [0.2, 0.25) is 0 Å². The van der Waals surface area contributed by atoms with Crippen molar-refractivity contribution in [2.75, 3.05) is 18.0 Å². The standard InChI is InChI=1S/C15H22FN3/c1-3-15(18,12-17)10-7-11-19(4-2)14-9-6-5-8-13(14)16/h5-6,8-9H,3-4,7,10-11,18H2,1-2H3. The molecule has 2 N–H and O–H groups in total. The number of nitrogens with two attached hydrogens (primary N) is 1. The molecule has 0 aromatic heterocycles. The number of benzene rings is 1. The van der Waals surface area contributed by atoms with Gasteiger partial charge in [0.1, 0.15) is 11.4 Å². The van der Waals surface area contributed by atoms with Gasteiger partial charge < -0.3 is 10.6 Å². The predicted molar refractivity (Wildman–Crippen MR) is 76.3 cm³/mol. The third kappa shape index (κ3) is 4.22. The number of halogens is 1. The molecule has 0 fully saturated rings. The van der Waals surface area contributed by atoms with Gasteiger partial charge in [0.25, 0.3) is 0 Å². The average Bonchev–Trinajstić information content (AvgIpc) is 2.44. The Morgan fingerprint density at radius 1 is 1.37 bits per heavy atom. The highest BCUT2D eigenvalue weighted by atomic mass is 19.1. The molecule has 0 amide bonds. The number of hydrogen-bond acceptors (Lipinski definition) is 3. The summed E-state index contributed by atoms with van der Waals surface area (Å²) in [6.45, 7) is 5.35. The Bertz CT molecular complexity index is 441. The van der Waals surface area contributed by atoms with Crippen LogP contribution in [-0.2, 0) is 0 Å². The van der Waals surface area contributed by atoms with Gasteiger partial charge in [-0.2, -0.15) is 5.26 Å². The Hall–Kier alpha value is -1.60. The van der Waals surface area contributed by atoms with Crippen LogP contribution in [0, 0.1) is 17.1 Å². The highest BCUT2D eigenvalue weighted by Gasteiger charge is 2.21. The van der Waals surface area contributed by atoms with Crippen molar-refractivity contribution in [3.05, 3.63) is 30.1 Å². The summed E-state index contributed by atoms with van der Waals surface area (Å²) in [5, 5.41) is 9.02. The van der Waals surface area contributed by atoms with Gasteiger partial charge in [0.15, 0.2) is 0 Å². The van der Waals surface area contributed by atoms with Crippen molar-refractivity contribution in [2.45, 2.75) is 38.6 Å². The van der Waals surface area contributed by atoms with E-state index in [1.807, 2.05) is 24.8 Å². The summed E-state index contributed by atoms with van der Waals surface area (Å²) in [6, 6.07) is 8.91. The van der Waals surface area contributed by atoms with Crippen LogP contribution in [0.4, 0.5) is 10.1 Å². The molecule has 0 saturated carbocycles. The van der Waals surface area contributed by atoms with Crippen LogP contribution in [-0.4, -0.2) is 18.6 Å². The van der Waals surface area contributed by atoms with Crippen molar-refractivity contribution in [1.29, 1.82) is 5.26 Å². The molecule has 0 aliphatic heterocycles. The minimum absolute atomic E-state index is 0.209. The van der Waals surface area contributed by atoms with Gasteiger partial charge in [-0.15, -0.1) is 0 Å². The van der Waals surface area contributed by atoms with Crippen LogP contribution >= 0.6 is 0 Å². The molecule has 0 aliphatic carbocycles. The van der Waals surface area contributed by atoms with E-state index in [2.05, 4.69) is 6.07 Å². The summed E-state index contributed by atoms with van der Waals surface area (Å²) in [7, 11) is 0. The minimum Gasteiger partial charge on any atom is -0.369 e. The van der Waals surface area contributed by atoms with E-state index in [4.69, 9.17) is 11.0 Å². The van der Waals surface area contributed by atoms with Crippen LogP contribution < -0.4 is 10.6 Å². The fourth-order valence-electron chi connectivity index (χ4n) is 2.05. The number of para-hydroxylation sites is 1. The van der Waals surface area contributed by atoms with Crippen molar-refractivity contribution in [2.24, 2.45) is 5.73 Å². The highest BCUT2D eigenvalue weighted by Crippen LogP contribution is 2.20. The largest absolute Gasteiger partial charge is 0.369 e. The summed E-state index contributed by atoms with van der Waals surface area (Å²) in [4.78, 5) is 1.97. The maximum Gasteiger partial charge on any atom is 0.146 e. The number of rotatable bonds is 7. The fourth-order valence-corrected chi connectivity index (χ4v) is 2.05. The maximum atomic E-state index is 13.7. The van der Waals surface area contributed by atoms with Crippen molar-refractivity contribution < 1.29 is 4.39 Å². The molecule has 0 spiro atoms. The maximum absolute atomic E-state index is 13.7. The molecular weight excluding hydrogens is 241 g/mol. The Morgan fingerprint density at radius 2 is 2.05 bits per heavy atom. The van der Waals surface area contributed by atoms with Crippen LogP contribution in [0.15, 0.2) is 24.3 Å². The first-order valence-electron chi connectivity index (χ1n) is 6.76.